The van der Waals surface area contributed by atoms with E-state index >= 15 is 0 Å². The highest BCUT2D eigenvalue weighted by Gasteiger charge is 2.06. The summed E-state index contributed by atoms with van der Waals surface area (Å²) >= 11 is 3.30. The van der Waals surface area contributed by atoms with Crippen molar-refractivity contribution in [2.24, 2.45) is 0 Å². The molecule has 2 N–H and O–H groups in total. The molecule has 1 aromatic carbocycles. The van der Waals surface area contributed by atoms with Gasteiger partial charge in [0.05, 0.1) is 17.8 Å². The van der Waals surface area contributed by atoms with Crippen molar-refractivity contribution in [1.29, 1.82) is 0 Å². The quantitative estimate of drug-likeness (QED) is 0.905. The van der Waals surface area contributed by atoms with Gasteiger partial charge in [-0.25, -0.2) is 4.79 Å². The average molecular weight is 321 g/mol. The summed E-state index contributed by atoms with van der Waals surface area (Å²) < 4.78 is 0.729. The highest BCUT2D eigenvalue weighted by molar-refractivity contribution is 9.10. The van der Waals surface area contributed by atoms with E-state index in [2.05, 4.69) is 26.2 Å². The molecule has 2 aromatic rings. The van der Waals surface area contributed by atoms with E-state index < -0.39 is 5.97 Å². The number of benzene rings is 1. The summed E-state index contributed by atoms with van der Waals surface area (Å²) in [6.45, 7) is 2.49. The van der Waals surface area contributed by atoms with Crippen molar-refractivity contribution >= 4 is 27.6 Å². The maximum atomic E-state index is 11.0. The van der Waals surface area contributed by atoms with E-state index in [-0.39, 0.29) is 5.56 Å². The van der Waals surface area contributed by atoms with E-state index in [1.54, 1.807) is 12.1 Å². The van der Waals surface area contributed by atoms with E-state index in [9.17, 15) is 4.79 Å². The first-order valence-electron chi connectivity index (χ1n) is 5.75. The molecule has 0 saturated carbocycles. The summed E-state index contributed by atoms with van der Waals surface area (Å²) in [4.78, 5) is 15.3. The van der Waals surface area contributed by atoms with Gasteiger partial charge in [0.25, 0.3) is 0 Å². The molecule has 0 saturated heterocycles. The monoisotopic (exact) mass is 320 g/mol. The van der Waals surface area contributed by atoms with Crippen molar-refractivity contribution in [3.63, 3.8) is 0 Å². The highest BCUT2D eigenvalue weighted by atomic mass is 79.9. The van der Waals surface area contributed by atoms with Crippen LogP contribution in [0.4, 0.5) is 5.69 Å². The van der Waals surface area contributed by atoms with Gasteiger partial charge in [-0.3, -0.25) is 4.98 Å². The maximum absolute atomic E-state index is 11.0. The van der Waals surface area contributed by atoms with Crippen LogP contribution in [0, 0.1) is 6.92 Å². The summed E-state index contributed by atoms with van der Waals surface area (Å²) in [6, 6.07) is 10.8. The Morgan fingerprint density at radius 3 is 2.84 bits per heavy atom. The predicted molar refractivity (Wildman–Crippen MR) is 77.4 cm³/mol. The number of carboxylic acid groups (broad SMARTS) is 1. The Kier molecular flexibility index (Phi) is 4.16. The number of aromatic nitrogens is 1. The Morgan fingerprint density at radius 2 is 2.16 bits per heavy atom. The van der Waals surface area contributed by atoms with Crippen molar-refractivity contribution in [2.75, 3.05) is 5.32 Å². The van der Waals surface area contributed by atoms with Gasteiger partial charge in [-0.2, -0.15) is 0 Å². The van der Waals surface area contributed by atoms with E-state index in [1.165, 1.54) is 0 Å². The van der Waals surface area contributed by atoms with Crippen molar-refractivity contribution in [3.8, 4) is 0 Å². The zero-order valence-corrected chi connectivity index (χ0v) is 11.9. The van der Waals surface area contributed by atoms with Crippen molar-refractivity contribution in [3.05, 3.63) is 57.8 Å². The lowest BCUT2D eigenvalue weighted by Crippen LogP contribution is -2.04. The molecule has 2 rings (SSSR count). The standard InChI is InChI=1S/C14H13BrN2O2/c1-9-3-2-4-12(17-9)8-16-13-6-10(14(18)19)5-11(15)7-13/h2-7,16H,8H2,1H3,(H,18,19). The van der Waals surface area contributed by atoms with Gasteiger partial charge in [0.2, 0.25) is 0 Å². The topological polar surface area (TPSA) is 62.2 Å². The number of rotatable bonds is 4. The minimum atomic E-state index is -0.946. The fourth-order valence-corrected chi connectivity index (χ4v) is 2.20. The van der Waals surface area contributed by atoms with E-state index in [0.29, 0.717) is 6.54 Å². The van der Waals surface area contributed by atoms with Crippen LogP contribution in [-0.2, 0) is 6.54 Å². The number of aryl methyl sites for hydroxylation is 1. The SMILES string of the molecule is Cc1cccc(CNc2cc(Br)cc(C(=O)O)c2)n1. The van der Waals surface area contributed by atoms with Crippen molar-refractivity contribution in [1.82, 2.24) is 4.98 Å². The molecule has 1 heterocycles. The Balaban J connectivity index is 2.13. The zero-order chi connectivity index (χ0) is 13.8. The van der Waals surface area contributed by atoms with E-state index in [0.717, 1.165) is 21.5 Å². The number of carbonyl (C=O) groups is 1. The Hall–Kier alpha value is -1.88. The van der Waals surface area contributed by atoms with Crippen LogP contribution >= 0.6 is 15.9 Å². The number of carboxylic acids is 1. The molecule has 0 radical (unpaired) electrons. The summed E-state index contributed by atoms with van der Waals surface area (Å²) in [7, 11) is 0. The predicted octanol–water partition coefficient (Wildman–Crippen LogP) is 3.46. The van der Waals surface area contributed by atoms with Gasteiger partial charge in [-0.05, 0) is 37.3 Å². The number of hydrogen-bond acceptors (Lipinski definition) is 3. The third-order valence-corrected chi connectivity index (χ3v) is 3.02. The van der Waals surface area contributed by atoms with Crippen molar-refractivity contribution < 1.29 is 9.90 Å². The fraction of sp³-hybridized carbons (Fsp3) is 0.143. The highest BCUT2D eigenvalue weighted by Crippen LogP contribution is 2.20. The molecule has 0 aliphatic heterocycles. The second-order valence-corrected chi connectivity index (χ2v) is 5.07. The molecule has 0 fully saturated rings. The Morgan fingerprint density at radius 1 is 1.37 bits per heavy atom. The van der Waals surface area contributed by atoms with Crippen LogP contribution in [0.3, 0.4) is 0 Å². The minimum absolute atomic E-state index is 0.245. The van der Waals surface area contributed by atoms with E-state index in [4.69, 9.17) is 5.11 Å². The summed E-state index contributed by atoms with van der Waals surface area (Å²) in [5.74, 6) is -0.946. The lowest BCUT2D eigenvalue weighted by Gasteiger charge is -2.08. The molecule has 0 unspecified atom stereocenters. The van der Waals surface area contributed by atoms with Crippen LogP contribution in [-0.4, -0.2) is 16.1 Å². The Bertz CT molecular complexity index is 614. The number of nitrogens with one attached hydrogen (secondary N) is 1. The molecule has 0 aliphatic carbocycles. The first-order chi connectivity index (χ1) is 9.04. The van der Waals surface area contributed by atoms with Crippen LogP contribution in [0.5, 0.6) is 0 Å². The number of halogens is 1. The van der Waals surface area contributed by atoms with Gasteiger partial charge in [-0.1, -0.05) is 22.0 Å². The average Bonchev–Trinajstić information content (AvgIpc) is 2.36. The number of aromatic carboxylic acids is 1. The van der Waals surface area contributed by atoms with Gasteiger partial charge in [0.15, 0.2) is 0 Å². The lowest BCUT2D eigenvalue weighted by atomic mass is 10.2. The molecule has 0 bridgehead atoms. The summed E-state index contributed by atoms with van der Waals surface area (Å²) in [6.07, 6.45) is 0. The maximum Gasteiger partial charge on any atom is 0.335 e. The molecular weight excluding hydrogens is 308 g/mol. The normalized spacial score (nSPS) is 10.2. The molecule has 5 heteroatoms. The molecule has 1 aromatic heterocycles. The third kappa shape index (κ3) is 3.79. The minimum Gasteiger partial charge on any atom is -0.478 e. The fourth-order valence-electron chi connectivity index (χ4n) is 1.71. The first kappa shape index (κ1) is 13.5. The molecule has 0 spiro atoms. The van der Waals surface area contributed by atoms with Gasteiger partial charge in [-0.15, -0.1) is 0 Å². The molecule has 98 valence electrons. The molecule has 0 aliphatic rings. The molecule has 4 nitrogen and oxygen atoms in total. The van der Waals surface area contributed by atoms with Gasteiger partial charge < -0.3 is 10.4 Å². The van der Waals surface area contributed by atoms with Crippen LogP contribution < -0.4 is 5.32 Å². The zero-order valence-electron chi connectivity index (χ0n) is 10.4. The summed E-state index contributed by atoms with van der Waals surface area (Å²) in [5, 5.41) is 12.2. The number of anilines is 1. The lowest BCUT2D eigenvalue weighted by molar-refractivity contribution is 0.0697. The second kappa shape index (κ2) is 5.84. The van der Waals surface area contributed by atoms with Gasteiger partial charge >= 0.3 is 5.97 Å². The second-order valence-electron chi connectivity index (χ2n) is 4.16. The van der Waals surface area contributed by atoms with Crippen LogP contribution in [0.2, 0.25) is 0 Å². The molecular formula is C14H13BrN2O2. The third-order valence-electron chi connectivity index (χ3n) is 2.56. The van der Waals surface area contributed by atoms with E-state index in [1.807, 2.05) is 31.2 Å². The molecule has 19 heavy (non-hydrogen) atoms. The van der Waals surface area contributed by atoms with Crippen LogP contribution in [0.15, 0.2) is 40.9 Å². The molecule has 0 atom stereocenters. The summed E-state index contributed by atoms with van der Waals surface area (Å²) in [5.41, 5.74) is 2.86. The van der Waals surface area contributed by atoms with Crippen LogP contribution in [0.1, 0.15) is 21.7 Å². The smallest absolute Gasteiger partial charge is 0.335 e. The number of hydrogen-bond donors (Lipinski definition) is 2. The van der Waals surface area contributed by atoms with Crippen LogP contribution in [0.25, 0.3) is 0 Å². The number of nitrogens with zero attached hydrogens (tertiary/aromatic N) is 1. The largest absolute Gasteiger partial charge is 0.478 e. The van der Waals surface area contributed by atoms with Gasteiger partial charge in [0, 0.05) is 15.9 Å². The Labute approximate surface area is 119 Å². The molecule has 0 amide bonds. The first-order valence-corrected chi connectivity index (χ1v) is 6.54. The number of pyridine rings is 1. The van der Waals surface area contributed by atoms with Gasteiger partial charge in [0.1, 0.15) is 0 Å². The van der Waals surface area contributed by atoms with Crippen molar-refractivity contribution in [2.45, 2.75) is 13.5 Å².